The number of pyridine rings is 1. The number of rotatable bonds is 3. The number of carbonyl (C=O) groups excluding carboxylic acids is 2. The van der Waals surface area contributed by atoms with Gasteiger partial charge in [-0.1, -0.05) is 24.6 Å². The van der Waals surface area contributed by atoms with Crippen LogP contribution in [0.2, 0.25) is 0 Å². The van der Waals surface area contributed by atoms with E-state index in [0.29, 0.717) is 44.5 Å². The van der Waals surface area contributed by atoms with E-state index in [1.54, 1.807) is 22.9 Å². The van der Waals surface area contributed by atoms with Crippen molar-refractivity contribution in [1.82, 2.24) is 19.3 Å². The standard InChI is InChI=1S/C26H32ClFN4O4/c1-26(8-5-19(28)18(27)13-26)15-31-11-7-17-20(23(31)34)22(33)25(36)32-12-6-16(30-9-3-4-10-30)14-29(2)24(35)21(17)32/h5,13,16,33H,3-4,6-12,14-15H2,1-2H3. The van der Waals surface area contributed by atoms with Gasteiger partial charge in [-0.2, -0.15) is 0 Å². The number of amides is 2. The van der Waals surface area contributed by atoms with Crippen molar-refractivity contribution < 1.29 is 19.1 Å². The highest BCUT2D eigenvalue weighted by molar-refractivity contribution is 6.31. The molecule has 0 bridgehead atoms. The molecular weight excluding hydrogens is 487 g/mol. The monoisotopic (exact) mass is 518 g/mol. The molecule has 1 saturated heterocycles. The summed E-state index contributed by atoms with van der Waals surface area (Å²) in [4.78, 5) is 46.0. The second-order valence-corrected chi connectivity index (χ2v) is 11.2. The number of allylic oxidation sites excluding steroid dienone is 3. The Bertz CT molecular complexity index is 1240. The molecule has 1 fully saturated rings. The van der Waals surface area contributed by atoms with Crippen LogP contribution in [0.15, 0.2) is 27.8 Å². The van der Waals surface area contributed by atoms with E-state index < -0.39 is 28.5 Å². The smallest absolute Gasteiger partial charge is 0.294 e. The van der Waals surface area contributed by atoms with Crippen molar-refractivity contribution >= 4 is 23.4 Å². The van der Waals surface area contributed by atoms with Gasteiger partial charge in [0.1, 0.15) is 11.5 Å². The average molecular weight is 519 g/mol. The summed E-state index contributed by atoms with van der Waals surface area (Å²) >= 11 is 6.01. The topological polar surface area (TPSA) is 86.1 Å². The number of aromatic hydroxyl groups is 1. The van der Waals surface area contributed by atoms with Crippen molar-refractivity contribution in [2.75, 3.05) is 39.8 Å². The van der Waals surface area contributed by atoms with Gasteiger partial charge in [0.05, 0.1) is 10.6 Å². The molecule has 10 heteroatoms. The Labute approximate surface area is 214 Å². The predicted molar refractivity (Wildman–Crippen MR) is 134 cm³/mol. The molecule has 1 N–H and O–H groups in total. The van der Waals surface area contributed by atoms with Gasteiger partial charge in [-0.25, -0.2) is 4.39 Å². The van der Waals surface area contributed by atoms with Crippen molar-refractivity contribution in [2.24, 2.45) is 5.41 Å². The zero-order valence-electron chi connectivity index (χ0n) is 20.7. The van der Waals surface area contributed by atoms with Crippen molar-refractivity contribution in [3.63, 3.8) is 0 Å². The predicted octanol–water partition coefficient (Wildman–Crippen LogP) is 2.88. The van der Waals surface area contributed by atoms with Crippen LogP contribution in [0.5, 0.6) is 5.75 Å². The van der Waals surface area contributed by atoms with E-state index in [0.717, 1.165) is 25.9 Å². The van der Waals surface area contributed by atoms with Crippen LogP contribution in [0, 0.1) is 5.41 Å². The maximum absolute atomic E-state index is 13.7. The van der Waals surface area contributed by atoms with Gasteiger partial charge in [0.2, 0.25) is 0 Å². The van der Waals surface area contributed by atoms with Crippen molar-refractivity contribution in [3.05, 3.63) is 50.2 Å². The summed E-state index contributed by atoms with van der Waals surface area (Å²) in [5, 5.41) is 10.9. The fourth-order valence-corrected chi connectivity index (χ4v) is 6.44. The Balaban J connectivity index is 1.49. The van der Waals surface area contributed by atoms with E-state index in [1.165, 1.54) is 10.6 Å². The largest absolute Gasteiger partial charge is 0.502 e. The van der Waals surface area contributed by atoms with Gasteiger partial charge in [0.25, 0.3) is 17.4 Å². The Hall–Kier alpha value is -2.65. The zero-order chi connectivity index (χ0) is 25.8. The second-order valence-electron chi connectivity index (χ2n) is 10.8. The van der Waals surface area contributed by atoms with Crippen LogP contribution >= 0.6 is 11.6 Å². The summed E-state index contributed by atoms with van der Waals surface area (Å²) in [5.74, 6) is -1.89. The second kappa shape index (κ2) is 9.34. The molecule has 8 nitrogen and oxygen atoms in total. The Morgan fingerprint density at radius 1 is 1.14 bits per heavy atom. The molecule has 0 spiro atoms. The fourth-order valence-electron chi connectivity index (χ4n) is 6.10. The quantitative estimate of drug-likeness (QED) is 0.665. The van der Waals surface area contributed by atoms with Crippen molar-refractivity contribution in [2.45, 2.75) is 51.6 Å². The first-order valence-electron chi connectivity index (χ1n) is 12.6. The summed E-state index contributed by atoms with van der Waals surface area (Å²) in [6.07, 6.45) is 6.65. The summed E-state index contributed by atoms with van der Waals surface area (Å²) in [7, 11) is 1.73. The molecule has 2 amide bonds. The minimum Gasteiger partial charge on any atom is -0.502 e. The first-order chi connectivity index (χ1) is 17.1. The molecule has 0 saturated carbocycles. The van der Waals surface area contributed by atoms with Crippen molar-refractivity contribution in [3.8, 4) is 5.75 Å². The molecule has 4 heterocycles. The number of likely N-dealkylation sites (N-methyl/N-ethyl adjacent to an activating group) is 1. The van der Waals surface area contributed by atoms with Crippen LogP contribution < -0.4 is 5.56 Å². The Morgan fingerprint density at radius 3 is 2.56 bits per heavy atom. The zero-order valence-corrected chi connectivity index (χ0v) is 21.5. The van der Waals surface area contributed by atoms with E-state index in [2.05, 4.69) is 4.90 Å². The minimum absolute atomic E-state index is 0.0111. The molecule has 4 aliphatic rings. The lowest BCUT2D eigenvalue weighted by Gasteiger charge is -2.39. The lowest BCUT2D eigenvalue weighted by molar-refractivity contribution is 0.0666. The van der Waals surface area contributed by atoms with E-state index in [4.69, 9.17) is 11.6 Å². The number of halogens is 2. The normalized spacial score (nSPS) is 27.3. The molecule has 2 atom stereocenters. The first-order valence-corrected chi connectivity index (χ1v) is 13.0. The third-order valence-electron chi connectivity index (χ3n) is 8.05. The number of aromatic nitrogens is 1. The average Bonchev–Trinajstić information content (AvgIpc) is 3.37. The van der Waals surface area contributed by atoms with Gasteiger partial charge in [0, 0.05) is 50.2 Å². The van der Waals surface area contributed by atoms with Crippen LogP contribution in [-0.4, -0.2) is 82.0 Å². The molecule has 5 rings (SSSR count). The van der Waals surface area contributed by atoms with Crippen LogP contribution in [0.3, 0.4) is 0 Å². The lowest BCUT2D eigenvalue weighted by atomic mass is 9.82. The van der Waals surface area contributed by atoms with Gasteiger partial charge < -0.3 is 19.5 Å². The fraction of sp³-hybridized carbons (Fsp3) is 0.577. The maximum atomic E-state index is 13.7. The van der Waals surface area contributed by atoms with E-state index in [-0.39, 0.29) is 34.8 Å². The highest BCUT2D eigenvalue weighted by atomic mass is 35.5. The SMILES string of the molecule is CN1CC(N2CCCC2)CCn2c(c3c(c(O)c2=O)C(=O)N(CC2(C)C=C(Cl)C(F)=CC2)CC3)C1=O. The van der Waals surface area contributed by atoms with Gasteiger partial charge >= 0.3 is 0 Å². The number of likely N-dealkylation sites (tertiary alicyclic amines) is 1. The molecular formula is C26H32ClFN4O4. The van der Waals surface area contributed by atoms with E-state index >= 15 is 0 Å². The highest BCUT2D eigenvalue weighted by Gasteiger charge is 2.39. The number of fused-ring (bicyclic) bond motifs is 3. The Morgan fingerprint density at radius 2 is 1.86 bits per heavy atom. The summed E-state index contributed by atoms with van der Waals surface area (Å²) in [6.45, 7) is 5.27. The van der Waals surface area contributed by atoms with Gasteiger partial charge in [-0.3, -0.25) is 19.3 Å². The summed E-state index contributed by atoms with van der Waals surface area (Å²) in [5.41, 5.74) is -0.751. The van der Waals surface area contributed by atoms with Crippen molar-refractivity contribution in [1.29, 1.82) is 0 Å². The van der Waals surface area contributed by atoms with E-state index in [9.17, 15) is 23.9 Å². The van der Waals surface area contributed by atoms with Crippen LogP contribution in [0.25, 0.3) is 0 Å². The van der Waals surface area contributed by atoms with Gasteiger partial charge in [0.15, 0.2) is 5.75 Å². The lowest BCUT2D eigenvalue weighted by Crippen LogP contribution is -2.50. The van der Waals surface area contributed by atoms with Crippen LogP contribution in [0.4, 0.5) is 4.39 Å². The molecule has 3 aliphatic heterocycles. The molecule has 36 heavy (non-hydrogen) atoms. The first kappa shape index (κ1) is 25.0. The molecule has 0 radical (unpaired) electrons. The van der Waals surface area contributed by atoms with E-state index in [1.807, 2.05) is 6.92 Å². The maximum Gasteiger partial charge on any atom is 0.294 e. The molecule has 2 unspecified atom stereocenters. The van der Waals surface area contributed by atoms with Gasteiger partial charge in [-0.15, -0.1) is 0 Å². The van der Waals surface area contributed by atoms with Gasteiger partial charge in [-0.05, 0) is 51.3 Å². The van der Waals surface area contributed by atoms with Crippen LogP contribution in [-0.2, 0) is 13.0 Å². The molecule has 194 valence electrons. The highest BCUT2D eigenvalue weighted by Crippen LogP contribution is 2.38. The summed E-state index contributed by atoms with van der Waals surface area (Å²) < 4.78 is 15.1. The molecule has 1 aliphatic carbocycles. The molecule has 1 aromatic rings. The Kier molecular flexibility index (Phi) is 6.49. The molecule has 1 aromatic heterocycles. The number of hydrogen-bond acceptors (Lipinski definition) is 5. The number of carbonyl (C=O) groups is 2. The third-order valence-corrected chi connectivity index (χ3v) is 8.34. The third kappa shape index (κ3) is 4.26. The number of hydrogen-bond donors (Lipinski definition) is 1. The van der Waals surface area contributed by atoms with Crippen LogP contribution in [0.1, 0.15) is 59.0 Å². The molecule has 0 aromatic carbocycles. The number of nitrogens with zero attached hydrogens (tertiary/aromatic N) is 4. The summed E-state index contributed by atoms with van der Waals surface area (Å²) in [6, 6.07) is 0.145. The minimum atomic E-state index is -0.709.